The van der Waals surface area contributed by atoms with E-state index < -0.39 is 0 Å². The van der Waals surface area contributed by atoms with E-state index in [1.807, 2.05) is 7.05 Å². The fraction of sp³-hybridized carbons (Fsp3) is 0.727. The first-order valence-corrected chi connectivity index (χ1v) is 6.11. The predicted molar refractivity (Wildman–Crippen MR) is 63.4 cm³/mol. The van der Waals surface area contributed by atoms with Crippen molar-refractivity contribution in [1.82, 2.24) is 25.4 Å². The fourth-order valence-corrected chi connectivity index (χ4v) is 1.99. The van der Waals surface area contributed by atoms with Gasteiger partial charge in [0.1, 0.15) is 6.33 Å². The highest BCUT2D eigenvalue weighted by atomic mass is 16.2. The number of amides is 1. The normalized spacial score (nSPS) is 21.0. The van der Waals surface area contributed by atoms with Gasteiger partial charge in [-0.3, -0.25) is 9.48 Å². The molecule has 6 nitrogen and oxygen atoms in total. The fourth-order valence-electron chi connectivity index (χ4n) is 1.99. The summed E-state index contributed by atoms with van der Waals surface area (Å²) in [5.41, 5.74) is 0. The average molecular weight is 237 g/mol. The number of hydrogen-bond donors (Lipinski definition) is 2. The maximum atomic E-state index is 11.7. The van der Waals surface area contributed by atoms with Gasteiger partial charge in [0, 0.05) is 26.6 Å². The highest BCUT2D eigenvalue weighted by molar-refractivity contribution is 5.81. The van der Waals surface area contributed by atoms with Crippen LogP contribution in [0.15, 0.2) is 6.33 Å². The monoisotopic (exact) mass is 237 g/mol. The van der Waals surface area contributed by atoms with Gasteiger partial charge in [-0.1, -0.05) is 0 Å². The maximum absolute atomic E-state index is 11.7. The molecule has 0 aliphatic carbocycles. The zero-order chi connectivity index (χ0) is 12.1. The molecule has 1 amide bonds. The predicted octanol–water partition coefficient (Wildman–Crippen LogP) is -0.384. The van der Waals surface area contributed by atoms with Crippen LogP contribution in [0.25, 0.3) is 0 Å². The van der Waals surface area contributed by atoms with Crippen molar-refractivity contribution in [3.8, 4) is 0 Å². The molecule has 1 aliphatic heterocycles. The largest absolute Gasteiger partial charge is 0.355 e. The van der Waals surface area contributed by atoms with Gasteiger partial charge >= 0.3 is 0 Å². The van der Waals surface area contributed by atoms with Crippen LogP contribution in [0.2, 0.25) is 0 Å². The summed E-state index contributed by atoms with van der Waals surface area (Å²) in [6.45, 7) is 1.54. The number of aryl methyl sites for hydroxylation is 1. The Kier molecular flexibility index (Phi) is 4.08. The minimum atomic E-state index is -0.0544. The molecule has 2 N–H and O–H groups in total. The summed E-state index contributed by atoms with van der Waals surface area (Å²) >= 11 is 0. The lowest BCUT2D eigenvalue weighted by molar-refractivity contribution is -0.122. The highest BCUT2D eigenvalue weighted by Gasteiger charge is 2.19. The molecular weight excluding hydrogens is 218 g/mol. The van der Waals surface area contributed by atoms with Gasteiger partial charge in [-0.15, -0.1) is 0 Å². The van der Waals surface area contributed by atoms with Crippen molar-refractivity contribution in [2.75, 3.05) is 13.1 Å². The first-order valence-electron chi connectivity index (χ1n) is 6.11. The van der Waals surface area contributed by atoms with Crippen LogP contribution in [0, 0.1) is 0 Å². The zero-order valence-electron chi connectivity index (χ0n) is 10.1. The number of nitrogens with one attached hydrogen (secondary N) is 2. The molecule has 1 saturated heterocycles. The summed E-state index contributed by atoms with van der Waals surface area (Å²) < 4.78 is 1.69. The van der Waals surface area contributed by atoms with Crippen molar-refractivity contribution in [2.45, 2.75) is 31.7 Å². The molecule has 0 aromatic carbocycles. The van der Waals surface area contributed by atoms with Crippen molar-refractivity contribution >= 4 is 5.91 Å². The summed E-state index contributed by atoms with van der Waals surface area (Å²) in [4.78, 5) is 15.8. The van der Waals surface area contributed by atoms with Crippen LogP contribution in [0.1, 0.15) is 25.1 Å². The third-order valence-corrected chi connectivity index (χ3v) is 2.92. The Morgan fingerprint density at radius 3 is 3.24 bits per heavy atom. The topological polar surface area (TPSA) is 71.8 Å². The Hall–Kier alpha value is -1.43. The quantitative estimate of drug-likeness (QED) is 0.748. The van der Waals surface area contributed by atoms with Gasteiger partial charge in [0.05, 0.1) is 6.04 Å². The number of carbonyl (C=O) groups excluding carboxylic acids is 1. The van der Waals surface area contributed by atoms with Crippen molar-refractivity contribution in [3.05, 3.63) is 12.2 Å². The van der Waals surface area contributed by atoms with E-state index in [2.05, 4.69) is 20.7 Å². The number of carbonyl (C=O) groups is 1. The second-order valence-corrected chi connectivity index (χ2v) is 4.38. The van der Waals surface area contributed by atoms with E-state index >= 15 is 0 Å². The molecule has 1 aromatic heterocycles. The first-order chi connectivity index (χ1) is 8.25. The maximum Gasteiger partial charge on any atom is 0.237 e. The molecule has 0 bridgehead atoms. The molecule has 1 atom stereocenters. The summed E-state index contributed by atoms with van der Waals surface area (Å²) in [5.74, 6) is 0.936. The smallest absolute Gasteiger partial charge is 0.237 e. The van der Waals surface area contributed by atoms with Gasteiger partial charge in [0.25, 0.3) is 0 Å². The minimum Gasteiger partial charge on any atom is -0.355 e. The van der Waals surface area contributed by atoms with Crippen molar-refractivity contribution in [1.29, 1.82) is 0 Å². The van der Waals surface area contributed by atoms with E-state index in [1.165, 1.54) is 0 Å². The van der Waals surface area contributed by atoms with Crippen LogP contribution in [-0.4, -0.2) is 39.8 Å². The van der Waals surface area contributed by atoms with Crippen molar-refractivity contribution in [2.24, 2.45) is 7.05 Å². The van der Waals surface area contributed by atoms with Crippen LogP contribution < -0.4 is 10.6 Å². The Morgan fingerprint density at radius 2 is 2.47 bits per heavy atom. The molecule has 1 aliphatic rings. The molecule has 0 spiro atoms. The lowest BCUT2D eigenvalue weighted by Gasteiger charge is -2.14. The van der Waals surface area contributed by atoms with Gasteiger partial charge < -0.3 is 10.6 Å². The van der Waals surface area contributed by atoms with E-state index in [9.17, 15) is 4.79 Å². The third kappa shape index (κ3) is 3.52. The lowest BCUT2D eigenvalue weighted by Crippen LogP contribution is -2.43. The van der Waals surface area contributed by atoms with Gasteiger partial charge in [-0.25, -0.2) is 4.98 Å². The zero-order valence-corrected chi connectivity index (χ0v) is 10.1. The number of hydrogen-bond acceptors (Lipinski definition) is 4. The minimum absolute atomic E-state index is 0.0544. The Morgan fingerprint density at radius 1 is 1.59 bits per heavy atom. The molecule has 1 aromatic rings. The summed E-state index contributed by atoms with van der Waals surface area (Å²) in [6, 6.07) is -0.0544. The van der Waals surface area contributed by atoms with E-state index in [-0.39, 0.29) is 11.9 Å². The molecular formula is C11H19N5O. The summed E-state index contributed by atoms with van der Waals surface area (Å²) in [6.07, 6.45) is 5.53. The average Bonchev–Trinajstić information content (AvgIpc) is 2.61. The molecule has 1 unspecified atom stereocenters. The second kappa shape index (κ2) is 5.77. The molecule has 6 heteroatoms. The first kappa shape index (κ1) is 12.0. The molecule has 2 heterocycles. The molecule has 1 fully saturated rings. The summed E-state index contributed by atoms with van der Waals surface area (Å²) in [5, 5.41) is 10.4. The van der Waals surface area contributed by atoms with Crippen LogP contribution >= 0.6 is 0 Å². The molecule has 0 radical (unpaired) electrons. The Labute approximate surface area is 101 Å². The molecule has 17 heavy (non-hydrogen) atoms. The van der Waals surface area contributed by atoms with Gasteiger partial charge in [-0.05, 0) is 19.3 Å². The van der Waals surface area contributed by atoms with Gasteiger partial charge in [-0.2, -0.15) is 5.10 Å². The number of aromatic nitrogens is 3. The molecule has 2 rings (SSSR count). The number of nitrogens with zero attached hydrogens (tertiary/aromatic N) is 3. The molecule has 0 saturated carbocycles. The molecule has 94 valence electrons. The van der Waals surface area contributed by atoms with Crippen LogP contribution in [0.3, 0.4) is 0 Å². The van der Waals surface area contributed by atoms with E-state index in [1.54, 1.807) is 11.0 Å². The van der Waals surface area contributed by atoms with Crippen LogP contribution in [0.4, 0.5) is 0 Å². The Balaban J connectivity index is 1.75. The Bertz CT molecular complexity index is 376. The van der Waals surface area contributed by atoms with Crippen LogP contribution in [0.5, 0.6) is 0 Å². The van der Waals surface area contributed by atoms with Crippen LogP contribution in [-0.2, 0) is 18.3 Å². The van der Waals surface area contributed by atoms with Crippen molar-refractivity contribution in [3.63, 3.8) is 0 Å². The third-order valence-electron chi connectivity index (χ3n) is 2.92. The van der Waals surface area contributed by atoms with E-state index in [0.29, 0.717) is 0 Å². The van der Waals surface area contributed by atoms with Crippen molar-refractivity contribution < 1.29 is 4.79 Å². The summed E-state index contributed by atoms with van der Waals surface area (Å²) in [7, 11) is 1.85. The lowest BCUT2D eigenvalue weighted by atomic mass is 10.1. The van der Waals surface area contributed by atoms with Gasteiger partial charge in [0.2, 0.25) is 5.91 Å². The SMILES string of the molecule is Cn1cnc(CCNC2CCCCNC2=O)n1. The number of rotatable bonds is 4. The second-order valence-electron chi connectivity index (χ2n) is 4.38. The standard InChI is InChI=1S/C11H19N5O/c1-16-8-14-10(15-16)5-7-12-9-4-2-3-6-13-11(9)17/h8-9,12H,2-7H2,1H3,(H,13,17). The van der Waals surface area contributed by atoms with E-state index in [0.717, 1.165) is 44.6 Å². The van der Waals surface area contributed by atoms with E-state index in [4.69, 9.17) is 0 Å². The highest BCUT2D eigenvalue weighted by Crippen LogP contribution is 2.05. The van der Waals surface area contributed by atoms with Gasteiger partial charge in [0.15, 0.2) is 5.82 Å².